The summed E-state index contributed by atoms with van der Waals surface area (Å²) in [5, 5.41) is 2.89. The number of benzene rings is 2. The number of nitrogens with zero attached hydrogens (tertiary/aromatic N) is 1. The second kappa shape index (κ2) is 17.1. The molecule has 258 valence electrons. The molecule has 10 heteroatoms. The van der Waals surface area contributed by atoms with Crippen molar-refractivity contribution in [2.75, 3.05) is 31.0 Å². The maximum Gasteiger partial charge on any atom is 0.264 e. The van der Waals surface area contributed by atoms with Gasteiger partial charge in [0.1, 0.15) is 9.84 Å². The van der Waals surface area contributed by atoms with Gasteiger partial charge in [0.2, 0.25) is 5.91 Å². The molecule has 9 nitrogen and oxygen atoms in total. The average Bonchev–Trinajstić information content (AvgIpc) is 3.85. The average molecular weight is 669 g/mol. The maximum absolute atomic E-state index is 14.3. The lowest BCUT2D eigenvalue weighted by molar-refractivity contribution is -0.117. The van der Waals surface area contributed by atoms with E-state index in [4.69, 9.17) is 9.47 Å². The van der Waals surface area contributed by atoms with Crippen molar-refractivity contribution in [3.8, 4) is 11.5 Å². The number of hydrogen-bond donors (Lipinski definition) is 1. The number of carbonyl (C=O) groups excluding carboxylic acids is 3. The summed E-state index contributed by atoms with van der Waals surface area (Å²) >= 11 is 0. The molecule has 1 N–H and O–H groups in total. The van der Waals surface area contributed by atoms with Crippen molar-refractivity contribution >= 4 is 33.2 Å². The van der Waals surface area contributed by atoms with Crippen LogP contribution < -0.4 is 14.8 Å². The molecule has 1 aliphatic carbocycles. The molecule has 1 saturated carbocycles. The van der Waals surface area contributed by atoms with Crippen LogP contribution in [0.1, 0.15) is 135 Å². The van der Waals surface area contributed by atoms with Crippen molar-refractivity contribution in [3.05, 3.63) is 52.6 Å². The first-order chi connectivity index (χ1) is 22.6. The predicted molar refractivity (Wildman–Crippen MR) is 185 cm³/mol. The van der Waals surface area contributed by atoms with Crippen LogP contribution in [-0.2, 0) is 21.1 Å². The molecule has 0 spiro atoms. The number of sulfone groups is 1. The van der Waals surface area contributed by atoms with Gasteiger partial charge in [-0.15, -0.1) is 0 Å². The van der Waals surface area contributed by atoms with Crippen molar-refractivity contribution in [3.63, 3.8) is 0 Å². The number of amides is 3. The molecular weight excluding hydrogens is 616 g/mol. The van der Waals surface area contributed by atoms with Gasteiger partial charge < -0.3 is 14.8 Å². The highest BCUT2D eigenvalue weighted by molar-refractivity contribution is 7.90. The van der Waals surface area contributed by atoms with Crippen LogP contribution in [0.4, 0.5) is 5.69 Å². The predicted octanol–water partition coefficient (Wildman–Crippen LogP) is 7.68. The molecular formula is C37H52N2O7S. The number of fused-ring (bicyclic) bond motifs is 1. The van der Waals surface area contributed by atoms with Crippen molar-refractivity contribution in [1.29, 1.82) is 0 Å². The number of anilines is 1. The Hall–Kier alpha value is -3.40. The molecule has 1 aliphatic heterocycles. The van der Waals surface area contributed by atoms with Gasteiger partial charge in [-0.3, -0.25) is 19.3 Å². The van der Waals surface area contributed by atoms with E-state index in [-0.39, 0.29) is 23.0 Å². The lowest BCUT2D eigenvalue weighted by atomic mass is 9.96. The van der Waals surface area contributed by atoms with Gasteiger partial charge in [-0.05, 0) is 61.9 Å². The number of hydrogen-bond acceptors (Lipinski definition) is 7. The maximum atomic E-state index is 14.3. The van der Waals surface area contributed by atoms with E-state index in [1.807, 2.05) is 13.0 Å². The SMILES string of the molecule is CCCCCCCCCCCCCc1ccc(NC(=O)C2CC2)c2c1C(=O)N([C@H](CS(C)(=O)=O)c1ccc(OC)c(OCC)c1)C2=O. The van der Waals surface area contributed by atoms with E-state index in [1.165, 1.54) is 58.5 Å². The third kappa shape index (κ3) is 9.81. The summed E-state index contributed by atoms with van der Waals surface area (Å²) in [5.41, 5.74) is 1.87. The summed E-state index contributed by atoms with van der Waals surface area (Å²) in [6.07, 6.45) is 16.5. The zero-order valence-corrected chi connectivity index (χ0v) is 29.4. The van der Waals surface area contributed by atoms with Gasteiger partial charge >= 0.3 is 0 Å². The van der Waals surface area contributed by atoms with E-state index in [9.17, 15) is 22.8 Å². The van der Waals surface area contributed by atoms with Crippen LogP contribution in [0.5, 0.6) is 11.5 Å². The number of imide groups is 1. The molecule has 47 heavy (non-hydrogen) atoms. The van der Waals surface area contributed by atoms with Crippen molar-refractivity contribution in [2.24, 2.45) is 5.92 Å². The Morgan fingerprint density at radius 2 is 1.49 bits per heavy atom. The minimum Gasteiger partial charge on any atom is -0.493 e. The van der Waals surface area contributed by atoms with E-state index in [2.05, 4.69) is 12.2 Å². The van der Waals surface area contributed by atoms with Crippen molar-refractivity contribution in [2.45, 2.75) is 110 Å². The van der Waals surface area contributed by atoms with Crippen molar-refractivity contribution in [1.82, 2.24) is 4.90 Å². The van der Waals surface area contributed by atoms with Gasteiger partial charge in [0, 0.05) is 12.2 Å². The van der Waals surface area contributed by atoms with Crippen LogP contribution in [0.2, 0.25) is 0 Å². The quantitative estimate of drug-likeness (QED) is 0.107. The van der Waals surface area contributed by atoms with Gasteiger partial charge in [-0.25, -0.2) is 8.42 Å². The minimum atomic E-state index is -3.65. The number of unbranched alkanes of at least 4 members (excludes halogenated alkanes) is 10. The molecule has 0 bridgehead atoms. The van der Waals surface area contributed by atoms with Gasteiger partial charge in [0.15, 0.2) is 11.5 Å². The summed E-state index contributed by atoms with van der Waals surface area (Å²) < 4.78 is 36.6. The molecule has 0 aromatic heterocycles. The Morgan fingerprint density at radius 1 is 0.872 bits per heavy atom. The first-order valence-corrected chi connectivity index (χ1v) is 19.5. The standard InChI is InChI=1S/C37H52N2O7S/c1-5-7-8-9-10-11-12-13-14-15-16-17-26-20-22-29(38-35(40)27-18-19-27)34-33(26)36(41)39(37(34)42)30(25-47(4,43)44)28-21-23-31(45-3)32(24-28)46-6-2/h20-24,27,30H,5-19,25H2,1-4H3,(H,38,40)/t30-/m1/s1. The number of rotatable bonds is 21. The monoisotopic (exact) mass is 668 g/mol. The van der Waals surface area contributed by atoms with E-state index in [0.717, 1.165) is 48.8 Å². The first-order valence-electron chi connectivity index (χ1n) is 17.4. The largest absolute Gasteiger partial charge is 0.493 e. The first kappa shape index (κ1) is 36.4. The molecule has 0 unspecified atom stereocenters. The summed E-state index contributed by atoms with van der Waals surface area (Å²) in [6.45, 7) is 4.39. The molecule has 1 heterocycles. The van der Waals surface area contributed by atoms with Gasteiger partial charge in [0.05, 0.1) is 42.3 Å². The Bertz CT molecular complexity index is 1520. The Labute approximate surface area is 280 Å². The van der Waals surface area contributed by atoms with Crippen LogP contribution in [0, 0.1) is 5.92 Å². The number of ether oxygens (including phenoxy) is 2. The third-order valence-electron chi connectivity index (χ3n) is 9.06. The lowest BCUT2D eigenvalue weighted by Crippen LogP contribution is -2.38. The van der Waals surface area contributed by atoms with E-state index in [1.54, 1.807) is 24.3 Å². The minimum absolute atomic E-state index is 0.0979. The third-order valence-corrected chi connectivity index (χ3v) is 9.98. The van der Waals surface area contributed by atoms with Crippen LogP contribution in [-0.4, -0.2) is 56.8 Å². The van der Waals surface area contributed by atoms with Gasteiger partial charge in [-0.1, -0.05) is 83.3 Å². The summed E-state index contributed by atoms with van der Waals surface area (Å²) in [4.78, 5) is 42.4. The summed E-state index contributed by atoms with van der Waals surface area (Å²) in [7, 11) is -2.14. The smallest absolute Gasteiger partial charge is 0.264 e. The Morgan fingerprint density at radius 3 is 2.06 bits per heavy atom. The Kier molecular flexibility index (Phi) is 13.3. The van der Waals surface area contributed by atoms with E-state index in [0.29, 0.717) is 35.8 Å². The van der Waals surface area contributed by atoms with Crippen LogP contribution in [0.3, 0.4) is 0 Å². The highest BCUT2D eigenvalue weighted by Crippen LogP contribution is 2.41. The van der Waals surface area contributed by atoms with Crippen LogP contribution in [0.15, 0.2) is 30.3 Å². The van der Waals surface area contributed by atoms with E-state index >= 15 is 0 Å². The second-order valence-electron chi connectivity index (χ2n) is 13.0. The molecule has 2 aromatic carbocycles. The Balaban J connectivity index is 1.57. The second-order valence-corrected chi connectivity index (χ2v) is 15.2. The van der Waals surface area contributed by atoms with E-state index < -0.39 is 33.4 Å². The highest BCUT2D eigenvalue weighted by Gasteiger charge is 2.45. The molecule has 0 saturated heterocycles. The van der Waals surface area contributed by atoms with Crippen LogP contribution in [0.25, 0.3) is 0 Å². The number of carbonyl (C=O) groups is 3. The van der Waals surface area contributed by atoms with Crippen molar-refractivity contribution < 1.29 is 32.3 Å². The zero-order chi connectivity index (χ0) is 34.0. The number of methoxy groups -OCH3 is 1. The van der Waals surface area contributed by atoms with Crippen LogP contribution >= 0.6 is 0 Å². The normalized spacial score (nSPS) is 15.1. The van der Waals surface area contributed by atoms with Gasteiger partial charge in [-0.2, -0.15) is 0 Å². The fraction of sp³-hybridized carbons (Fsp3) is 0.595. The fourth-order valence-electron chi connectivity index (χ4n) is 6.38. The topological polar surface area (TPSA) is 119 Å². The molecule has 2 aromatic rings. The zero-order valence-electron chi connectivity index (χ0n) is 28.6. The molecule has 1 atom stereocenters. The van der Waals surface area contributed by atoms with Gasteiger partial charge in [0.25, 0.3) is 11.8 Å². The summed E-state index contributed by atoms with van der Waals surface area (Å²) in [6, 6.07) is 7.37. The molecule has 3 amide bonds. The summed E-state index contributed by atoms with van der Waals surface area (Å²) in [5.74, 6) is -1.05. The molecule has 0 radical (unpaired) electrons. The fourth-order valence-corrected chi connectivity index (χ4v) is 7.29. The molecule has 4 rings (SSSR count). The lowest BCUT2D eigenvalue weighted by Gasteiger charge is -2.27. The number of aryl methyl sites for hydroxylation is 1. The highest BCUT2D eigenvalue weighted by atomic mass is 32.2. The molecule has 1 fully saturated rings. The molecule has 2 aliphatic rings. The number of nitrogens with one attached hydrogen (secondary N) is 1.